The van der Waals surface area contributed by atoms with Gasteiger partial charge in [0, 0.05) is 37.4 Å². The average Bonchev–Trinajstić information content (AvgIpc) is 2.33. The first kappa shape index (κ1) is 11.5. The molecule has 0 saturated heterocycles. The van der Waals surface area contributed by atoms with Crippen LogP contribution in [0.5, 0.6) is 0 Å². The Bertz CT molecular complexity index is 494. The molecule has 1 heterocycles. The number of nitrogen functional groups attached to an aromatic ring is 1. The fraction of sp³-hybridized carbons (Fsp3) is 0.214. The average molecular weight is 227 g/mol. The Morgan fingerprint density at radius 3 is 2.59 bits per heavy atom. The van der Waals surface area contributed by atoms with Crippen molar-refractivity contribution in [1.82, 2.24) is 4.98 Å². The second kappa shape index (κ2) is 4.87. The molecular formula is C14H17N3. The van der Waals surface area contributed by atoms with E-state index in [2.05, 4.69) is 23.9 Å². The van der Waals surface area contributed by atoms with Crippen molar-refractivity contribution >= 4 is 11.4 Å². The summed E-state index contributed by atoms with van der Waals surface area (Å²) in [4.78, 5) is 6.21. The van der Waals surface area contributed by atoms with E-state index in [1.807, 2.05) is 42.7 Å². The Kier molecular flexibility index (Phi) is 3.28. The van der Waals surface area contributed by atoms with E-state index < -0.39 is 0 Å². The maximum absolute atomic E-state index is 5.82. The van der Waals surface area contributed by atoms with E-state index in [1.165, 1.54) is 16.8 Å². The van der Waals surface area contributed by atoms with Gasteiger partial charge in [-0.25, -0.2) is 0 Å². The van der Waals surface area contributed by atoms with Crippen molar-refractivity contribution in [3.63, 3.8) is 0 Å². The van der Waals surface area contributed by atoms with Gasteiger partial charge in [-0.2, -0.15) is 0 Å². The van der Waals surface area contributed by atoms with Crippen molar-refractivity contribution in [2.75, 3.05) is 17.7 Å². The number of anilines is 2. The molecule has 2 N–H and O–H groups in total. The van der Waals surface area contributed by atoms with Crippen LogP contribution in [0, 0.1) is 6.92 Å². The van der Waals surface area contributed by atoms with Crippen LogP contribution in [0.25, 0.3) is 0 Å². The normalized spacial score (nSPS) is 10.2. The van der Waals surface area contributed by atoms with Gasteiger partial charge in [0.05, 0.1) is 0 Å². The molecule has 0 spiro atoms. The number of nitrogens with two attached hydrogens (primary N) is 1. The van der Waals surface area contributed by atoms with Crippen LogP contribution in [0.15, 0.2) is 42.7 Å². The third-order valence-corrected chi connectivity index (χ3v) is 2.81. The smallest absolute Gasteiger partial charge is 0.0427 e. The fourth-order valence-electron chi connectivity index (χ4n) is 1.88. The van der Waals surface area contributed by atoms with E-state index in [0.29, 0.717) is 0 Å². The van der Waals surface area contributed by atoms with Gasteiger partial charge in [0.25, 0.3) is 0 Å². The molecule has 0 aliphatic rings. The molecule has 2 aromatic rings. The van der Waals surface area contributed by atoms with Crippen molar-refractivity contribution in [3.8, 4) is 0 Å². The molecule has 1 aromatic carbocycles. The van der Waals surface area contributed by atoms with Crippen LogP contribution >= 0.6 is 0 Å². The van der Waals surface area contributed by atoms with Gasteiger partial charge in [-0.3, -0.25) is 4.98 Å². The molecule has 3 heteroatoms. The minimum atomic E-state index is 0.798. The largest absolute Gasteiger partial charge is 0.399 e. The highest BCUT2D eigenvalue weighted by atomic mass is 15.1. The molecular weight excluding hydrogens is 210 g/mol. The number of nitrogens with zero attached hydrogens (tertiary/aromatic N) is 2. The SMILES string of the molecule is Cc1ccc(N)cc1N(C)Cc1ccncc1. The lowest BCUT2D eigenvalue weighted by Gasteiger charge is -2.21. The second-order valence-corrected chi connectivity index (χ2v) is 4.26. The van der Waals surface area contributed by atoms with E-state index in [4.69, 9.17) is 5.73 Å². The van der Waals surface area contributed by atoms with Gasteiger partial charge < -0.3 is 10.6 Å². The van der Waals surface area contributed by atoms with Crippen molar-refractivity contribution in [1.29, 1.82) is 0 Å². The summed E-state index contributed by atoms with van der Waals surface area (Å²) in [6.07, 6.45) is 3.63. The molecule has 0 aliphatic carbocycles. The molecule has 0 radical (unpaired) electrons. The Morgan fingerprint density at radius 2 is 1.88 bits per heavy atom. The molecule has 0 bridgehead atoms. The molecule has 17 heavy (non-hydrogen) atoms. The predicted molar refractivity (Wildman–Crippen MR) is 71.9 cm³/mol. The molecule has 0 fully saturated rings. The second-order valence-electron chi connectivity index (χ2n) is 4.26. The Labute approximate surface area is 102 Å². The summed E-state index contributed by atoms with van der Waals surface area (Å²) in [5, 5.41) is 0. The van der Waals surface area contributed by atoms with Crippen molar-refractivity contribution in [2.24, 2.45) is 0 Å². The minimum absolute atomic E-state index is 0.798. The zero-order valence-corrected chi connectivity index (χ0v) is 10.2. The van der Waals surface area contributed by atoms with Crippen LogP contribution in [0.4, 0.5) is 11.4 Å². The quantitative estimate of drug-likeness (QED) is 0.819. The van der Waals surface area contributed by atoms with Crippen LogP contribution < -0.4 is 10.6 Å². The van der Waals surface area contributed by atoms with E-state index in [9.17, 15) is 0 Å². The summed E-state index contributed by atoms with van der Waals surface area (Å²) in [7, 11) is 2.07. The predicted octanol–water partition coefficient (Wildman–Crippen LogP) is 2.61. The van der Waals surface area contributed by atoms with E-state index in [-0.39, 0.29) is 0 Å². The van der Waals surface area contributed by atoms with Crippen LogP contribution in [-0.2, 0) is 6.54 Å². The van der Waals surface area contributed by atoms with E-state index in [0.717, 1.165) is 12.2 Å². The number of aromatic nitrogens is 1. The summed E-state index contributed by atoms with van der Waals surface area (Å²) in [6.45, 7) is 2.95. The van der Waals surface area contributed by atoms with Crippen LogP contribution in [-0.4, -0.2) is 12.0 Å². The highest BCUT2D eigenvalue weighted by Gasteiger charge is 2.05. The van der Waals surface area contributed by atoms with Gasteiger partial charge in [-0.05, 0) is 42.3 Å². The molecule has 0 amide bonds. The van der Waals surface area contributed by atoms with Crippen molar-refractivity contribution in [2.45, 2.75) is 13.5 Å². The number of hydrogen-bond acceptors (Lipinski definition) is 3. The number of benzene rings is 1. The molecule has 0 unspecified atom stereocenters. The highest BCUT2D eigenvalue weighted by Crippen LogP contribution is 2.23. The van der Waals surface area contributed by atoms with Gasteiger partial charge in [0.2, 0.25) is 0 Å². The lowest BCUT2D eigenvalue weighted by molar-refractivity contribution is 0.914. The highest BCUT2D eigenvalue weighted by molar-refractivity contribution is 5.60. The van der Waals surface area contributed by atoms with Crippen LogP contribution in [0.1, 0.15) is 11.1 Å². The van der Waals surface area contributed by atoms with E-state index >= 15 is 0 Å². The third-order valence-electron chi connectivity index (χ3n) is 2.81. The Balaban J connectivity index is 2.20. The van der Waals surface area contributed by atoms with Crippen molar-refractivity contribution in [3.05, 3.63) is 53.9 Å². The van der Waals surface area contributed by atoms with Gasteiger partial charge in [0.15, 0.2) is 0 Å². The van der Waals surface area contributed by atoms with Gasteiger partial charge in [0.1, 0.15) is 0 Å². The molecule has 2 rings (SSSR count). The molecule has 0 atom stereocenters. The standard InChI is InChI=1S/C14H17N3/c1-11-3-4-13(15)9-14(11)17(2)10-12-5-7-16-8-6-12/h3-9H,10,15H2,1-2H3. The van der Waals surface area contributed by atoms with Crippen LogP contribution in [0.3, 0.4) is 0 Å². The number of hydrogen-bond donors (Lipinski definition) is 1. The topological polar surface area (TPSA) is 42.1 Å². The monoisotopic (exact) mass is 227 g/mol. The van der Waals surface area contributed by atoms with Gasteiger partial charge in [-0.15, -0.1) is 0 Å². The molecule has 3 nitrogen and oxygen atoms in total. The Morgan fingerprint density at radius 1 is 1.18 bits per heavy atom. The maximum Gasteiger partial charge on any atom is 0.0427 e. The number of aryl methyl sites for hydroxylation is 1. The summed E-state index contributed by atoms with van der Waals surface area (Å²) in [6, 6.07) is 10.0. The summed E-state index contributed by atoms with van der Waals surface area (Å²) < 4.78 is 0. The third kappa shape index (κ3) is 2.75. The molecule has 1 aromatic heterocycles. The first-order valence-electron chi connectivity index (χ1n) is 5.63. The zero-order valence-electron chi connectivity index (χ0n) is 10.2. The van der Waals surface area contributed by atoms with Gasteiger partial charge >= 0.3 is 0 Å². The summed E-state index contributed by atoms with van der Waals surface area (Å²) in [5.41, 5.74) is 10.3. The first-order valence-corrected chi connectivity index (χ1v) is 5.63. The minimum Gasteiger partial charge on any atom is -0.399 e. The fourth-order valence-corrected chi connectivity index (χ4v) is 1.88. The zero-order chi connectivity index (χ0) is 12.3. The molecule has 88 valence electrons. The van der Waals surface area contributed by atoms with Crippen molar-refractivity contribution < 1.29 is 0 Å². The molecule has 0 aliphatic heterocycles. The van der Waals surface area contributed by atoms with Crippen LogP contribution in [0.2, 0.25) is 0 Å². The Hall–Kier alpha value is -2.03. The lowest BCUT2D eigenvalue weighted by atomic mass is 10.1. The maximum atomic E-state index is 5.82. The van der Waals surface area contributed by atoms with Gasteiger partial charge in [-0.1, -0.05) is 6.07 Å². The first-order chi connectivity index (χ1) is 8.16. The number of pyridine rings is 1. The summed E-state index contributed by atoms with van der Waals surface area (Å²) >= 11 is 0. The molecule has 0 saturated carbocycles. The summed E-state index contributed by atoms with van der Waals surface area (Å²) in [5.74, 6) is 0. The number of rotatable bonds is 3. The van der Waals surface area contributed by atoms with E-state index in [1.54, 1.807) is 0 Å². The lowest BCUT2D eigenvalue weighted by Crippen LogP contribution is -2.17.